The highest BCUT2D eigenvalue weighted by molar-refractivity contribution is 7.90. The SMILES string of the molecule is Cc1ccc(-c2nn(-c3ccccc3)cc2C(=O)NCCCS(=O)(=O)Cc2ccccc2)o1. The van der Waals surface area contributed by atoms with Crippen LogP contribution in [0.1, 0.15) is 28.1 Å². The van der Waals surface area contributed by atoms with Crippen molar-refractivity contribution in [1.29, 1.82) is 0 Å². The van der Waals surface area contributed by atoms with Gasteiger partial charge in [-0.2, -0.15) is 5.10 Å². The Bertz CT molecular complexity index is 1330. The van der Waals surface area contributed by atoms with Gasteiger partial charge in [0.1, 0.15) is 11.5 Å². The summed E-state index contributed by atoms with van der Waals surface area (Å²) in [6.45, 7) is 2.06. The lowest BCUT2D eigenvalue weighted by Crippen LogP contribution is -2.26. The van der Waals surface area contributed by atoms with Crippen LogP contribution in [0.15, 0.2) is 83.4 Å². The summed E-state index contributed by atoms with van der Waals surface area (Å²) in [7, 11) is -3.26. The average molecular weight is 464 g/mol. The molecule has 8 heteroatoms. The lowest BCUT2D eigenvalue weighted by molar-refractivity contribution is 0.0954. The van der Waals surface area contributed by atoms with Crippen LogP contribution in [0.2, 0.25) is 0 Å². The van der Waals surface area contributed by atoms with Crippen molar-refractivity contribution >= 4 is 15.7 Å². The molecule has 0 radical (unpaired) electrons. The van der Waals surface area contributed by atoms with Gasteiger partial charge in [-0.1, -0.05) is 48.5 Å². The molecule has 170 valence electrons. The van der Waals surface area contributed by atoms with Gasteiger partial charge in [0.2, 0.25) is 0 Å². The van der Waals surface area contributed by atoms with Crippen molar-refractivity contribution in [2.75, 3.05) is 12.3 Å². The molecule has 0 unspecified atom stereocenters. The van der Waals surface area contributed by atoms with E-state index in [0.29, 0.717) is 29.2 Å². The van der Waals surface area contributed by atoms with Crippen LogP contribution in [-0.2, 0) is 15.6 Å². The number of hydrogen-bond acceptors (Lipinski definition) is 5. The number of nitrogens with zero attached hydrogens (tertiary/aromatic N) is 2. The van der Waals surface area contributed by atoms with Crippen LogP contribution in [0.5, 0.6) is 0 Å². The number of rotatable bonds is 9. The molecule has 0 bridgehead atoms. The number of carbonyl (C=O) groups excluding carboxylic acids is 1. The van der Waals surface area contributed by atoms with Crippen molar-refractivity contribution in [3.63, 3.8) is 0 Å². The highest BCUT2D eigenvalue weighted by Crippen LogP contribution is 2.25. The molecular weight excluding hydrogens is 438 g/mol. The molecule has 7 nitrogen and oxygen atoms in total. The molecular formula is C25H25N3O4S. The number of sulfone groups is 1. The van der Waals surface area contributed by atoms with Gasteiger partial charge in [-0.05, 0) is 43.2 Å². The van der Waals surface area contributed by atoms with Crippen LogP contribution in [0.3, 0.4) is 0 Å². The lowest BCUT2D eigenvalue weighted by atomic mass is 10.2. The maximum Gasteiger partial charge on any atom is 0.255 e. The van der Waals surface area contributed by atoms with Crippen LogP contribution in [0.25, 0.3) is 17.1 Å². The molecule has 0 spiro atoms. The van der Waals surface area contributed by atoms with Gasteiger partial charge in [0.25, 0.3) is 5.91 Å². The van der Waals surface area contributed by atoms with Gasteiger partial charge >= 0.3 is 0 Å². The fraction of sp³-hybridized carbons (Fsp3) is 0.200. The minimum atomic E-state index is -3.26. The van der Waals surface area contributed by atoms with E-state index in [0.717, 1.165) is 11.3 Å². The number of nitrogens with one attached hydrogen (secondary N) is 1. The summed E-state index contributed by atoms with van der Waals surface area (Å²) in [6.07, 6.45) is 1.98. The summed E-state index contributed by atoms with van der Waals surface area (Å²) < 4.78 is 32.1. The molecule has 4 aromatic rings. The van der Waals surface area contributed by atoms with E-state index < -0.39 is 9.84 Å². The molecule has 2 aromatic heterocycles. The Morgan fingerprint density at radius 2 is 1.70 bits per heavy atom. The van der Waals surface area contributed by atoms with Gasteiger partial charge in [-0.3, -0.25) is 4.79 Å². The van der Waals surface area contributed by atoms with Crippen LogP contribution in [0.4, 0.5) is 0 Å². The summed E-state index contributed by atoms with van der Waals surface area (Å²) in [5.41, 5.74) is 2.36. The van der Waals surface area contributed by atoms with E-state index in [-0.39, 0.29) is 24.0 Å². The fourth-order valence-electron chi connectivity index (χ4n) is 3.49. The maximum absolute atomic E-state index is 13.0. The first-order valence-corrected chi connectivity index (χ1v) is 12.5. The molecule has 0 saturated carbocycles. The minimum absolute atomic E-state index is 0.00428. The Balaban J connectivity index is 1.43. The molecule has 0 aliphatic carbocycles. The van der Waals surface area contributed by atoms with Crippen molar-refractivity contribution in [1.82, 2.24) is 15.1 Å². The summed E-state index contributed by atoms with van der Waals surface area (Å²) >= 11 is 0. The third-order valence-corrected chi connectivity index (χ3v) is 6.78. The number of aryl methyl sites for hydroxylation is 1. The van der Waals surface area contributed by atoms with E-state index in [1.54, 1.807) is 29.1 Å². The number of hydrogen-bond donors (Lipinski definition) is 1. The Labute approximate surface area is 193 Å². The smallest absolute Gasteiger partial charge is 0.255 e. The minimum Gasteiger partial charge on any atom is -0.460 e. The van der Waals surface area contributed by atoms with Crippen LogP contribution >= 0.6 is 0 Å². The van der Waals surface area contributed by atoms with Gasteiger partial charge in [-0.25, -0.2) is 13.1 Å². The highest BCUT2D eigenvalue weighted by Gasteiger charge is 2.21. The number of furan rings is 1. The molecule has 0 aliphatic heterocycles. The zero-order valence-corrected chi connectivity index (χ0v) is 19.1. The Morgan fingerprint density at radius 1 is 1.00 bits per heavy atom. The van der Waals surface area contributed by atoms with Gasteiger partial charge in [-0.15, -0.1) is 0 Å². The second-order valence-corrected chi connectivity index (χ2v) is 9.95. The first-order valence-electron chi connectivity index (χ1n) is 10.7. The van der Waals surface area contributed by atoms with Gasteiger partial charge < -0.3 is 9.73 Å². The average Bonchev–Trinajstić information content (AvgIpc) is 3.44. The number of para-hydroxylation sites is 1. The van der Waals surface area contributed by atoms with Gasteiger partial charge in [0, 0.05) is 12.7 Å². The van der Waals surface area contributed by atoms with Crippen molar-refractivity contribution in [3.05, 3.63) is 95.9 Å². The largest absolute Gasteiger partial charge is 0.460 e. The predicted octanol–water partition coefficient (Wildman–Crippen LogP) is 4.18. The number of benzene rings is 2. The molecule has 0 aliphatic rings. The highest BCUT2D eigenvalue weighted by atomic mass is 32.2. The number of aromatic nitrogens is 2. The van der Waals surface area contributed by atoms with Crippen molar-refractivity contribution in [3.8, 4) is 17.1 Å². The van der Waals surface area contributed by atoms with E-state index in [2.05, 4.69) is 10.4 Å². The molecule has 0 saturated heterocycles. The second kappa shape index (κ2) is 9.87. The summed E-state index contributed by atoms with van der Waals surface area (Å²) in [4.78, 5) is 13.0. The van der Waals surface area contributed by atoms with E-state index in [9.17, 15) is 13.2 Å². The fourth-order valence-corrected chi connectivity index (χ4v) is 4.92. The Morgan fingerprint density at radius 3 is 2.36 bits per heavy atom. The zero-order chi connectivity index (χ0) is 23.3. The normalized spacial score (nSPS) is 11.4. The van der Waals surface area contributed by atoms with E-state index in [1.807, 2.05) is 61.5 Å². The van der Waals surface area contributed by atoms with Gasteiger partial charge in [0.05, 0.1) is 22.8 Å². The topological polar surface area (TPSA) is 94.2 Å². The summed E-state index contributed by atoms with van der Waals surface area (Å²) in [6, 6.07) is 22.1. The molecule has 1 amide bonds. The molecule has 4 rings (SSSR count). The molecule has 1 N–H and O–H groups in total. The van der Waals surface area contributed by atoms with E-state index in [4.69, 9.17) is 4.42 Å². The Kier molecular flexibility index (Phi) is 6.74. The summed E-state index contributed by atoms with van der Waals surface area (Å²) in [5, 5.41) is 7.38. The standard InChI is InChI=1S/C25H25N3O4S/c1-19-13-14-23(32-19)24-22(17-28(27-24)21-11-6-3-7-12-21)25(29)26-15-8-16-33(30,31)18-20-9-4-2-5-10-20/h2-7,9-14,17H,8,15-16,18H2,1H3,(H,26,29). The van der Waals surface area contributed by atoms with Crippen molar-refractivity contribution in [2.24, 2.45) is 0 Å². The van der Waals surface area contributed by atoms with Crippen molar-refractivity contribution in [2.45, 2.75) is 19.1 Å². The Hall–Kier alpha value is -3.65. The van der Waals surface area contributed by atoms with Crippen LogP contribution < -0.4 is 5.32 Å². The number of carbonyl (C=O) groups is 1. The first-order chi connectivity index (χ1) is 15.9. The van der Waals surface area contributed by atoms with Crippen LogP contribution in [-0.4, -0.2) is 36.4 Å². The quantitative estimate of drug-likeness (QED) is 0.376. The maximum atomic E-state index is 13.0. The van der Waals surface area contributed by atoms with E-state index in [1.165, 1.54) is 0 Å². The third kappa shape index (κ3) is 5.78. The zero-order valence-electron chi connectivity index (χ0n) is 18.3. The van der Waals surface area contributed by atoms with Crippen LogP contribution in [0, 0.1) is 6.92 Å². The first kappa shape index (κ1) is 22.5. The van der Waals surface area contributed by atoms with Gasteiger partial charge in [0.15, 0.2) is 15.6 Å². The monoisotopic (exact) mass is 463 g/mol. The molecule has 2 heterocycles. The predicted molar refractivity (Wildman–Crippen MR) is 127 cm³/mol. The molecule has 33 heavy (non-hydrogen) atoms. The lowest BCUT2D eigenvalue weighted by Gasteiger charge is -2.06. The second-order valence-electron chi connectivity index (χ2n) is 7.77. The molecule has 0 fully saturated rings. The van der Waals surface area contributed by atoms with Crippen molar-refractivity contribution < 1.29 is 17.6 Å². The number of amides is 1. The third-order valence-electron chi connectivity index (χ3n) is 5.10. The molecule has 2 aromatic carbocycles. The summed E-state index contributed by atoms with van der Waals surface area (Å²) in [5.74, 6) is 0.872. The van der Waals surface area contributed by atoms with E-state index >= 15 is 0 Å². The molecule has 0 atom stereocenters.